The van der Waals surface area contributed by atoms with Crippen LogP contribution < -0.4 is 5.32 Å². The first-order chi connectivity index (χ1) is 14.0. The lowest BCUT2D eigenvalue weighted by Gasteiger charge is -2.17. The van der Waals surface area contributed by atoms with E-state index >= 15 is 0 Å². The molecule has 0 saturated carbocycles. The Hall–Kier alpha value is -2.82. The van der Waals surface area contributed by atoms with Gasteiger partial charge in [0.15, 0.2) is 0 Å². The second-order valence-electron chi connectivity index (χ2n) is 6.84. The highest BCUT2D eigenvalue weighted by Gasteiger charge is 2.20. The maximum atomic E-state index is 12.7. The van der Waals surface area contributed by atoms with E-state index in [4.69, 9.17) is 28.2 Å². The SMILES string of the molecule is CC(NC(=O)c1cccc(Cl)c1)c1nc2ccccc2n1Cc1ccccc1Cl. The van der Waals surface area contributed by atoms with Gasteiger partial charge in [0, 0.05) is 15.6 Å². The van der Waals surface area contributed by atoms with Gasteiger partial charge in [-0.25, -0.2) is 4.98 Å². The van der Waals surface area contributed by atoms with Crippen LogP contribution in [-0.2, 0) is 6.54 Å². The van der Waals surface area contributed by atoms with E-state index in [0.717, 1.165) is 22.4 Å². The summed E-state index contributed by atoms with van der Waals surface area (Å²) >= 11 is 12.4. The highest BCUT2D eigenvalue weighted by atomic mass is 35.5. The van der Waals surface area contributed by atoms with Gasteiger partial charge in [0.05, 0.1) is 23.6 Å². The van der Waals surface area contributed by atoms with Gasteiger partial charge >= 0.3 is 0 Å². The third-order valence-corrected chi connectivity index (χ3v) is 5.40. The zero-order valence-electron chi connectivity index (χ0n) is 15.8. The summed E-state index contributed by atoms with van der Waals surface area (Å²) in [7, 11) is 0. The number of carbonyl (C=O) groups excluding carboxylic acids is 1. The fourth-order valence-corrected chi connectivity index (χ4v) is 3.75. The van der Waals surface area contributed by atoms with Crippen LogP contribution in [0.1, 0.15) is 34.7 Å². The molecule has 1 N–H and O–H groups in total. The lowest BCUT2D eigenvalue weighted by Crippen LogP contribution is -2.28. The van der Waals surface area contributed by atoms with Gasteiger partial charge in [0.2, 0.25) is 0 Å². The van der Waals surface area contributed by atoms with Crippen molar-refractivity contribution in [3.05, 3.63) is 99.8 Å². The molecule has 4 nitrogen and oxygen atoms in total. The van der Waals surface area contributed by atoms with Crippen LogP contribution in [0, 0.1) is 0 Å². The molecule has 1 amide bonds. The van der Waals surface area contributed by atoms with Crippen molar-refractivity contribution in [3.8, 4) is 0 Å². The van der Waals surface area contributed by atoms with E-state index in [1.54, 1.807) is 24.3 Å². The summed E-state index contributed by atoms with van der Waals surface area (Å²) in [4.78, 5) is 17.5. The van der Waals surface area contributed by atoms with Gasteiger partial charge in [0.25, 0.3) is 5.91 Å². The molecule has 1 unspecified atom stereocenters. The van der Waals surface area contributed by atoms with Crippen molar-refractivity contribution in [1.82, 2.24) is 14.9 Å². The number of benzene rings is 3. The van der Waals surface area contributed by atoms with Gasteiger partial charge in [-0.2, -0.15) is 0 Å². The summed E-state index contributed by atoms with van der Waals surface area (Å²) in [6.07, 6.45) is 0. The zero-order valence-corrected chi connectivity index (χ0v) is 17.3. The van der Waals surface area contributed by atoms with Crippen molar-refractivity contribution < 1.29 is 4.79 Å². The molecule has 0 radical (unpaired) electrons. The molecule has 1 heterocycles. The quantitative estimate of drug-likeness (QED) is 0.435. The summed E-state index contributed by atoms with van der Waals surface area (Å²) in [6, 6.07) is 22.2. The standard InChI is InChI=1S/C23H19Cl2N3O/c1-15(26-23(29)16-8-6-9-18(24)13-16)22-27-20-11-4-5-12-21(20)28(22)14-17-7-2-3-10-19(17)25/h2-13,15H,14H2,1H3,(H,26,29). The molecule has 0 aliphatic rings. The Bertz CT molecular complexity index is 1190. The van der Waals surface area contributed by atoms with Gasteiger partial charge in [-0.15, -0.1) is 0 Å². The molecule has 6 heteroatoms. The first-order valence-corrected chi connectivity index (χ1v) is 10.0. The van der Waals surface area contributed by atoms with Gasteiger partial charge in [0.1, 0.15) is 5.82 Å². The number of aromatic nitrogens is 2. The molecule has 0 saturated heterocycles. The smallest absolute Gasteiger partial charge is 0.251 e. The molecule has 0 spiro atoms. The minimum atomic E-state index is -0.309. The molecular formula is C23H19Cl2N3O. The Labute approximate surface area is 179 Å². The van der Waals surface area contributed by atoms with E-state index < -0.39 is 0 Å². The summed E-state index contributed by atoms with van der Waals surface area (Å²) in [6.45, 7) is 2.49. The number of amides is 1. The van der Waals surface area contributed by atoms with E-state index in [0.29, 0.717) is 22.2 Å². The van der Waals surface area contributed by atoms with E-state index in [-0.39, 0.29) is 11.9 Å². The number of hydrogen-bond acceptors (Lipinski definition) is 2. The van der Waals surface area contributed by atoms with Crippen LogP contribution in [0.2, 0.25) is 10.0 Å². The summed E-state index contributed by atoms with van der Waals surface area (Å²) < 4.78 is 2.10. The minimum Gasteiger partial charge on any atom is -0.342 e. The van der Waals surface area contributed by atoms with Gasteiger partial charge < -0.3 is 9.88 Å². The maximum Gasteiger partial charge on any atom is 0.251 e. The molecular weight excluding hydrogens is 405 g/mol. The fourth-order valence-electron chi connectivity index (χ4n) is 3.36. The van der Waals surface area contributed by atoms with Crippen LogP contribution in [0.15, 0.2) is 72.8 Å². The molecule has 4 aromatic rings. The Balaban J connectivity index is 1.69. The van der Waals surface area contributed by atoms with E-state index in [1.165, 1.54) is 0 Å². The largest absolute Gasteiger partial charge is 0.342 e. The number of rotatable bonds is 5. The van der Waals surface area contributed by atoms with Crippen molar-refractivity contribution >= 4 is 40.1 Å². The third kappa shape index (κ3) is 4.14. The second kappa shape index (κ2) is 8.27. The van der Waals surface area contributed by atoms with Crippen molar-refractivity contribution in [2.45, 2.75) is 19.5 Å². The average Bonchev–Trinajstić information content (AvgIpc) is 3.08. The van der Waals surface area contributed by atoms with Crippen molar-refractivity contribution in [3.63, 3.8) is 0 Å². The van der Waals surface area contributed by atoms with Crippen LogP contribution in [-0.4, -0.2) is 15.5 Å². The normalized spacial score (nSPS) is 12.1. The zero-order chi connectivity index (χ0) is 20.4. The summed E-state index contributed by atoms with van der Waals surface area (Å²) in [5.74, 6) is 0.567. The molecule has 4 rings (SSSR count). The Kier molecular flexibility index (Phi) is 5.56. The second-order valence-corrected chi connectivity index (χ2v) is 7.69. The molecule has 0 aliphatic carbocycles. The molecule has 0 aliphatic heterocycles. The highest BCUT2D eigenvalue weighted by Crippen LogP contribution is 2.25. The molecule has 3 aromatic carbocycles. The summed E-state index contributed by atoms with van der Waals surface area (Å²) in [5.41, 5.74) is 3.37. The molecule has 0 bridgehead atoms. The number of hydrogen-bond donors (Lipinski definition) is 1. The number of para-hydroxylation sites is 2. The van der Waals surface area contributed by atoms with Crippen molar-refractivity contribution in [2.24, 2.45) is 0 Å². The van der Waals surface area contributed by atoms with Gasteiger partial charge in [-0.05, 0) is 48.9 Å². The number of imidazole rings is 1. The number of nitrogens with zero attached hydrogens (tertiary/aromatic N) is 2. The lowest BCUT2D eigenvalue weighted by molar-refractivity contribution is 0.0938. The van der Waals surface area contributed by atoms with Crippen LogP contribution in [0.4, 0.5) is 0 Å². The number of fused-ring (bicyclic) bond motifs is 1. The maximum absolute atomic E-state index is 12.7. The van der Waals surface area contributed by atoms with Gasteiger partial charge in [-0.1, -0.05) is 59.6 Å². The summed E-state index contributed by atoms with van der Waals surface area (Å²) in [5, 5.41) is 4.25. The van der Waals surface area contributed by atoms with Crippen molar-refractivity contribution in [1.29, 1.82) is 0 Å². The number of nitrogens with one attached hydrogen (secondary N) is 1. The molecule has 1 aromatic heterocycles. The van der Waals surface area contributed by atoms with Crippen molar-refractivity contribution in [2.75, 3.05) is 0 Å². The topological polar surface area (TPSA) is 46.9 Å². The van der Waals surface area contributed by atoms with Crippen LogP contribution >= 0.6 is 23.2 Å². The fraction of sp³-hybridized carbons (Fsp3) is 0.130. The Morgan fingerprint density at radius 1 is 1.03 bits per heavy atom. The van der Waals surface area contributed by atoms with Crippen LogP contribution in [0.3, 0.4) is 0 Å². The first-order valence-electron chi connectivity index (χ1n) is 9.28. The predicted octanol–water partition coefficient (Wildman–Crippen LogP) is 5.88. The van der Waals surface area contributed by atoms with Crippen LogP contribution in [0.25, 0.3) is 11.0 Å². The van der Waals surface area contributed by atoms with Gasteiger partial charge in [-0.3, -0.25) is 4.79 Å². The van der Waals surface area contributed by atoms with E-state index in [2.05, 4.69) is 9.88 Å². The number of carbonyl (C=O) groups is 1. The Morgan fingerprint density at radius 2 is 1.79 bits per heavy atom. The molecule has 1 atom stereocenters. The first kappa shape index (κ1) is 19.5. The molecule has 0 fully saturated rings. The Morgan fingerprint density at radius 3 is 2.59 bits per heavy atom. The van der Waals surface area contributed by atoms with E-state index in [1.807, 2.05) is 55.5 Å². The molecule has 146 valence electrons. The highest BCUT2D eigenvalue weighted by molar-refractivity contribution is 6.31. The monoisotopic (exact) mass is 423 g/mol. The number of halogens is 2. The third-order valence-electron chi connectivity index (χ3n) is 4.79. The minimum absolute atomic E-state index is 0.198. The lowest BCUT2D eigenvalue weighted by atomic mass is 10.2. The van der Waals surface area contributed by atoms with Crippen LogP contribution in [0.5, 0.6) is 0 Å². The molecule has 29 heavy (non-hydrogen) atoms. The average molecular weight is 424 g/mol. The predicted molar refractivity (Wildman–Crippen MR) is 118 cm³/mol. The van der Waals surface area contributed by atoms with E-state index in [9.17, 15) is 4.79 Å².